The van der Waals surface area contributed by atoms with E-state index >= 15 is 0 Å². The van der Waals surface area contributed by atoms with Crippen molar-refractivity contribution in [1.82, 2.24) is 5.32 Å². The third-order valence-corrected chi connectivity index (χ3v) is 2.80. The highest BCUT2D eigenvalue weighted by atomic mass is 32.2. The van der Waals surface area contributed by atoms with Crippen LogP contribution in [-0.4, -0.2) is 35.7 Å². The lowest BCUT2D eigenvalue weighted by atomic mass is 10.2. The number of rotatable bonds is 8. The summed E-state index contributed by atoms with van der Waals surface area (Å²) >= 11 is 1.84. The minimum Gasteiger partial charge on any atom is -0.481 e. The molecule has 1 unspecified atom stereocenters. The van der Waals surface area contributed by atoms with E-state index in [1.807, 2.05) is 11.8 Å². The molecule has 0 heterocycles. The molecule has 0 saturated heterocycles. The maximum atomic E-state index is 10.2. The van der Waals surface area contributed by atoms with Gasteiger partial charge in [-0.1, -0.05) is 6.92 Å². The number of nitrogens with one attached hydrogen (secondary N) is 1. The van der Waals surface area contributed by atoms with Crippen molar-refractivity contribution in [3.05, 3.63) is 0 Å². The summed E-state index contributed by atoms with van der Waals surface area (Å²) in [6, 6.07) is 0. The Hall–Kier alpha value is -0.220. The van der Waals surface area contributed by atoms with Gasteiger partial charge >= 0.3 is 5.97 Å². The van der Waals surface area contributed by atoms with E-state index in [-0.39, 0.29) is 0 Å². The average Bonchev–Trinajstić information content (AvgIpc) is 2.10. The Morgan fingerprint density at radius 3 is 2.77 bits per heavy atom. The molecule has 0 saturated carbocycles. The van der Waals surface area contributed by atoms with E-state index in [1.54, 1.807) is 0 Å². The van der Waals surface area contributed by atoms with Crippen LogP contribution in [0, 0.1) is 0 Å². The number of hydrogen-bond donors (Lipinski definition) is 2. The van der Waals surface area contributed by atoms with Crippen LogP contribution in [0.25, 0.3) is 0 Å². The third-order valence-electron chi connectivity index (χ3n) is 1.83. The van der Waals surface area contributed by atoms with Gasteiger partial charge in [-0.25, -0.2) is 0 Å². The molecule has 0 aliphatic rings. The van der Waals surface area contributed by atoms with Crippen LogP contribution in [0.2, 0.25) is 0 Å². The fourth-order valence-electron chi connectivity index (χ4n) is 0.915. The van der Waals surface area contributed by atoms with Crippen LogP contribution in [0.1, 0.15) is 26.2 Å². The standard InChI is InChI=1S/C9H19NO2S/c1-8(13-2)7-10-6-4-3-5-9(11)12/h8,10H,3-7H2,1-2H3,(H,11,12). The van der Waals surface area contributed by atoms with Crippen LogP contribution in [0.5, 0.6) is 0 Å². The second kappa shape index (κ2) is 8.38. The highest BCUT2D eigenvalue weighted by Gasteiger charge is 1.98. The molecule has 13 heavy (non-hydrogen) atoms. The Kier molecular flexibility index (Phi) is 8.24. The van der Waals surface area contributed by atoms with Crippen molar-refractivity contribution in [2.45, 2.75) is 31.4 Å². The Balaban J connectivity index is 3.04. The molecule has 0 bridgehead atoms. The first-order valence-corrected chi connectivity index (χ1v) is 5.91. The molecule has 0 aliphatic carbocycles. The summed E-state index contributed by atoms with van der Waals surface area (Å²) in [5.41, 5.74) is 0. The van der Waals surface area contributed by atoms with Crippen LogP contribution in [0.15, 0.2) is 0 Å². The number of carboxylic acids is 1. The molecule has 3 nitrogen and oxygen atoms in total. The molecule has 2 N–H and O–H groups in total. The van der Waals surface area contributed by atoms with E-state index in [4.69, 9.17) is 5.11 Å². The van der Waals surface area contributed by atoms with Crippen molar-refractivity contribution in [2.75, 3.05) is 19.3 Å². The van der Waals surface area contributed by atoms with Gasteiger partial charge in [0.2, 0.25) is 0 Å². The molecule has 0 fully saturated rings. The van der Waals surface area contributed by atoms with Crippen LogP contribution in [0.4, 0.5) is 0 Å². The summed E-state index contributed by atoms with van der Waals surface area (Å²) in [5, 5.41) is 12.3. The molecule has 78 valence electrons. The fourth-order valence-corrected chi connectivity index (χ4v) is 1.20. The molecule has 0 amide bonds. The average molecular weight is 205 g/mol. The summed E-state index contributed by atoms with van der Waals surface area (Å²) in [4.78, 5) is 10.2. The maximum Gasteiger partial charge on any atom is 0.303 e. The smallest absolute Gasteiger partial charge is 0.303 e. The van der Waals surface area contributed by atoms with Gasteiger partial charge in [-0.05, 0) is 25.6 Å². The summed E-state index contributed by atoms with van der Waals surface area (Å²) in [7, 11) is 0. The first-order chi connectivity index (χ1) is 6.16. The molecule has 0 aromatic carbocycles. The van der Waals surface area contributed by atoms with E-state index in [0.717, 1.165) is 25.9 Å². The largest absolute Gasteiger partial charge is 0.481 e. The summed E-state index contributed by atoms with van der Waals surface area (Å²) in [6.07, 6.45) is 4.11. The van der Waals surface area contributed by atoms with Gasteiger partial charge in [0.05, 0.1) is 0 Å². The van der Waals surface area contributed by atoms with E-state index < -0.39 is 5.97 Å². The first kappa shape index (κ1) is 12.8. The number of carboxylic acid groups (broad SMARTS) is 1. The summed E-state index contributed by atoms with van der Waals surface area (Å²) in [5.74, 6) is -0.697. The van der Waals surface area contributed by atoms with Gasteiger partial charge in [0.25, 0.3) is 0 Å². The topological polar surface area (TPSA) is 49.3 Å². The van der Waals surface area contributed by atoms with Crippen LogP contribution in [0.3, 0.4) is 0 Å². The predicted octanol–water partition coefficient (Wildman–Crippen LogP) is 1.58. The zero-order valence-corrected chi connectivity index (χ0v) is 9.19. The maximum absolute atomic E-state index is 10.2. The summed E-state index contributed by atoms with van der Waals surface area (Å²) in [6.45, 7) is 4.11. The van der Waals surface area contributed by atoms with Gasteiger partial charge in [-0.3, -0.25) is 4.79 Å². The number of aliphatic carboxylic acids is 1. The SMILES string of the molecule is CSC(C)CNCCCCC(=O)O. The van der Waals surface area contributed by atoms with Crippen molar-refractivity contribution in [3.63, 3.8) is 0 Å². The monoisotopic (exact) mass is 205 g/mol. The van der Waals surface area contributed by atoms with Gasteiger partial charge in [-0.15, -0.1) is 0 Å². The number of unbranched alkanes of at least 4 members (excludes halogenated alkanes) is 1. The van der Waals surface area contributed by atoms with Gasteiger partial charge in [0, 0.05) is 18.2 Å². The van der Waals surface area contributed by atoms with Gasteiger partial charge in [0.1, 0.15) is 0 Å². The zero-order chi connectivity index (χ0) is 10.1. The summed E-state index contributed by atoms with van der Waals surface area (Å²) < 4.78 is 0. The van der Waals surface area contributed by atoms with Crippen molar-refractivity contribution < 1.29 is 9.90 Å². The van der Waals surface area contributed by atoms with Gasteiger partial charge in [-0.2, -0.15) is 11.8 Å². The quantitative estimate of drug-likeness (QED) is 0.591. The Morgan fingerprint density at radius 2 is 2.23 bits per heavy atom. The number of thioether (sulfide) groups is 1. The predicted molar refractivity (Wildman–Crippen MR) is 57.3 cm³/mol. The van der Waals surface area contributed by atoms with E-state index in [9.17, 15) is 4.79 Å². The lowest BCUT2D eigenvalue weighted by Gasteiger charge is -2.08. The van der Waals surface area contributed by atoms with E-state index in [0.29, 0.717) is 11.7 Å². The van der Waals surface area contributed by atoms with Crippen LogP contribution >= 0.6 is 11.8 Å². The molecular formula is C9H19NO2S. The fraction of sp³-hybridized carbons (Fsp3) is 0.889. The van der Waals surface area contributed by atoms with Crippen molar-refractivity contribution in [3.8, 4) is 0 Å². The Morgan fingerprint density at radius 1 is 1.54 bits per heavy atom. The van der Waals surface area contributed by atoms with Crippen molar-refractivity contribution in [1.29, 1.82) is 0 Å². The molecule has 0 rings (SSSR count). The van der Waals surface area contributed by atoms with Gasteiger partial charge < -0.3 is 10.4 Å². The molecule has 0 aliphatic heterocycles. The zero-order valence-electron chi connectivity index (χ0n) is 8.38. The Bertz CT molecular complexity index is 142. The van der Waals surface area contributed by atoms with E-state index in [2.05, 4.69) is 18.5 Å². The first-order valence-electron chi connectivity index (χ1n) is 4.62. The van der Waals surface area contributed by atoms with E-state index in [1.165, 1.54) is 0 Å². The molecule has 0 aromatic heterocycles. The van der Waals surface area contributed by atoms with Crippen molar-refractivity contribution >= 4 is 17.7 Å². The Labute approximate surface area is 84.3 Å². The molecule has 4 heteroatoms. The lowest BCUT2D eigenvalue weighted by Crippen LogP contribution is -2.23. The highest BCUT2D eigenvalue weighted by Crippen LogP contribution is 2.02. The highest BCUT2D eigenvalue weighted by molar-refractivity contribution is 7.99. The molecular weight excluding hydrogens is 186 g/mol. The number of hydrogen-bond acceptors (Lipinski definition) is 3. The number of carbonyl (C=O) groups is 1. The molecule has 0 aromatic rings. The second-order valence-electron chi connectivity index (χ2n) is 3.10. The molecule has 0 radical (unpaired) electrons. The van der Waals surface area contributed by atoms with Crippen molar-refractivity contribution in [2.24, 2.45) is 0 Å². The second-order valence-corrected chi connectivity index (χ2v) is 4.38. The molecule has 0 spiro atoms. The minimum atomic E-state index is -0.697. The normalized spacial score (nSPS) is 12.8. The van der Waals surface area contributed by atoms with Crippen LogP contribution in [-0.2, 0) is 4.79 Å². The van der Waals surface area contributed by atoms with Gasteiger partial charge in [0.15, 0.2) is 0 Å². The lowest BCUT2D eigenvalue weighted by molar-refractivity contribution is -0.137. The third kappa shape index (κ3) is 9.70. The van der Waals surface area contributed by atoms with Crippen LogP contribution < -0.4 is 5.32 Å². The molecule has 1 atom stereocenters. The minimum absolute atomic E-state index is 0.291.